The van der Waals surface area contributed by atoms with Crippen molar-refractivity contribution in [3.63, 3.8) is 0 Å². The van der Waals surface area contributed by atoms with Crippen molar-refractivity contribution in [1.29, 1.82) is 0 Å². The number of carbonyl (C=O) groups is 1. The summed E-state index contributed by atoms with van der Waals surface area (Å²) in [6.07, 6.45) is 8.24. The van der Waals surface area contributed by atoms with Gasteiger partial charge >= 0.3 is 29.6 Å². The van der Waals surface area contributed by atoms with Crippen molar-refractivity contribution in [1.82, 2.24) is 9.97 Å². The van der Waals surface area contributed by atoms with Gasteiger partial charge in [-0.2, -0.15) is 0 Å². The van der Waals surface area contributed by atoms with E-state index in [-0.39, 0.29) is 35.7 Å². The molecule has 1 fully saturated rings. The number of methoxy groups -OCH3 is 1. The van der Waals surface area contributed by atoms with Crippen LogP contribution in [0.3, 0.4) is 0 Å². The van der Waals surface area contributed by atoms with Crippen LogP contribution in [-0.4, -0.2) is 23.0 Å². The number of carbonyl (C=O) groups excluding carboxylic acids is 1. The second-order valence-electron chi connectivity index (χ2n) is 9.03. The van der Waals surface area contributed by atoms with E-state index in [0.29, 0.717) is 12.3 Å². The molecule has 1 aromatic carbocycles. The summed E-state index contributed by atoms with van der Waals surface area (Å²) in [6.45, 7) is 3.65. The molecule has 1 aliphatic heterocycles. The summed E-state index contributed by atoms with van der Waals surface area (Å²) in [7, 11) is 1.60. The van der Waals surface area contributed by atoms with Gasteiger partial charge in [-0.25, -0.2) is 4.98 Å². The molecule has 35 heavy (non-hydrogen) atoms. The Morgan fingerprint density at radius 1 is 1.17 bits per heavy atom. The van der Waals surface area contributed by atoms with Crippen LogP contribution in [0.1, 0.15) is 61.2 Å². The second kappa shape index (κ2) is 12.5. The first-order valence-electron chi connectivity index (χ1n) is 11.9. The van der Waals surface area contributed by atoms with E-state index >= 15 is 0 Å². The van der Waals surface area contributed by atoms with Gasteiger partial charge in [0, 0.05) is 29.5 Å². The molecule has 2 aromatic heterocycles. The van der Waals surface area contributed by atoms with E-state index in [4.69, 9.17) is 14.5 Å². The average Bonchev–Trinajstić information content (AvgIpc) is 3.73. The average molecular weight is 483 g/mol. The number of carboxylic acids is 1. The number of pyridine rings is 2. The smallest absolute Gasteiger partial charge is 0.550 e. The molecule has 6 nitrogen and oxygen atoms in total. The van der Waals surface area contributed by atoms with E-state index < -0.39 is 11.9 Å². The van der Waals surface area contributed by atoms with Crippen LogP contribution in [0.2, 0.25) is 0 Å². The molecule has 0 spiro atoms. The number of fused-ring (bicyclic) bond motifs is 1. The molecule has 1 saturated carbocycles. The molecule has 2 atom stereocenters. The third kappa shape index (κ3) is 7.29. The Morgan fingerprint density at radius 3 is 2.60 bits per heavy atom. The molecular weight excluding hydrogens is 451 g/mol. The molecule has 5 rings (SSSR count). The zero-order chi connectivity index (χ0) is 24.1. The van der Waals surface area contributed by atoms with Gasteiger partial charge in [0.2, 0.25) is 5.88 Å². The van der Waals surface area contributed by atoms with Crippen LogP contribution in [0, 0.1) is 12.8 Å². The van der Waals surface area contributed by atoms with E-state index in [1.165, 1.54) is 19.3 Å². The van der Waals surface area contributed by atoms with E-state index in [9.17, 15) is 9.90 Å². The molecular formula is C28H31N2NaO4. The summed E-state index contributed by atoms with van der Waals surface area (Å²) in [6, 6.07) is 13.9. The fraction of sp³-hybridized carbons (Fsp3) is 0.393. The van der Waals surface area contributed by atoms with E-state index in [1.54, 1.807) is 20.2 Å². The number of aryl methyl sites for hydroxylation is 2. The van der Waals surface area contributed by atoms with Gasteiger partial charge in [-0.3, -0.25) is 4.98 Å². The van der Waals surface area contributed by atoms with Crippen molar-refractivity contribution in [3.8, 4) is 22.8 Å². The Morgan fingerprint density at radius 2 is 1.94 bits per heavy atom. The molecule has 0 amide bonds. The summed E-state index contributed by atoms with van der Waals surface area (Å²) < 4.78 is 11.5. The van der Waals surface area contributed by atoms with Crippen LogP contribution < -0.4 is 44.1 Å². The Bertz CT molecular complexity index is 1160. The summed E-state index contributed by atoms with van der Waals surface area (Å²) in [5.74, 6) is -0.206. The molecule has 0 saturated heterocycles. The predicted octanol–water partition coefficient (Wildman–Crippen LogP) is 1.63. The molecule has 178 valence electrons. The van der Waals surface area contributed by atoms with Crippen molar-refractivity contribution in [2.45, 2.75) is 58.5 Å². The number of hydrogen-bond acceptors (Lipinski definition) is 6. The molecule has 0 bridgehead atoms. The van der Waals surface area contributed by atoms with E-state index in [2.05, 4.69) is 11.1 Å². The maximum Gasteiger partial charge on any atom is 1.00 e. The third-order valence-corrected chi connectivity index (χ3v) is 6.07. The largest absolute Gasteiger partial charge is 1.00 e. The van der Waals surface area contributed by atoms with Gasteiger partial charge in [-0.15, -0.1) is 0 Å². The van der Waals surface area contributed by atoms with E-state index in [0.717, 1.165) is 52.2 Å². The van der Waals surface area contributed by atoms with Gasteiger partial charge in [0.15, 0.2) is 0 Å². The molecule has 3 aromatic rings. The Hall–Kier alpha value is -2.41. The molecule has 3 heterocycles. The minimum Gasteiger partial charge on any atom is -0.550 e. The fourth-order valence-corrected chi connectivity index (χ4v) is 3.94. The topological polar surface area (TPSA) is 84.4 Å². The van der Waals surface area contributed by atoms with Gasteiger partial charge in [-0.1, -0.05) is 44.4 Å². The van der Waals surface area contributed by atoms with Crippen molar-refractivity contribution in [2.75, 3.05) is 7.11 Å². The van der Waals surface area contributed by atoms with Gasteiger partial charge in [0.1, 0.15) is 11.9 Å². The summed E-state index contributed by atoms with van der Waals surface area (Å²) in [4.78, 5) is 20.1. The number of aromatic nitrogens is 2. The van der Waals surface area contributed by atoms with Crippen LogP contribution in [-0.2, 0) is 17.6 Å². The Balaban J connectivity index is 0.000000795. The maximum atomic E-state index is 11.1. The standard InChI is InChI=1S/C25H26N2O4.C3H6.Na/c1-15(25(28)29)12-17-4-5-18-6-9-22(31-23(18)13-17)21-8-7-20(16(2)27-21)19-10-11-26-24(14-19)30-3;1-2-3-1;/h4-5,7-8,10-11,13-15,22H,6,9,12H2,1-3H3,(H,28,29);1-3H2;/q;;+1/p-1. The summed E-state index contributed by atoms with van der Waals surface area (Å²) >= 11 is 0. The fourth-order valence-electron chi connectivity index (χ4n) is 3.94. The van der Waals surface area contributed by atoms with Crippen LogP contribution >= 0.6 is 0 Å². The minimum atomic E-state index is -1.04. The van der Waals surface area contributed by atoms with Gasteiger partial charge in [-0.05, 0) is 67.0 Å². The Kier molecular flexibility index (Phi) is 9.72. The normalized spacial score (nSPS) is 16.4. The van der Waals surface area contributed by atoms with Crippen LogP contribution in [0.25, 0.3) is 11.1 Å². The number of benzene rings is 1. The molecule has 0 N–H and O–H groups in total. The first kappa shape index (κ1) is 27.2. The van der Waals surface area contributed by atoms with Crippen LogP contribution in [0.5, 0.6) is 11.6 Å². The third-order valence-electron chi connectivity index (χ3n) is 6.07. The molecule has 0 radical (unpaired) electrons. The van der Waals surface area contributed by atoms with Gasteiger partial charge in [0.05, 0.1) is 12.8 Å². The number of nitrogens with zero attached hydrogens (tertiary/aromatic N) is 2. The van der Waals surface area contributed by atoms with Gasteiger partial charge < -0.3 is 19.4 Å². The maximum absolute atomic E-state index is 11.1. The summed E-state index contributed by atoms with van der Waals surface area (Å²) in [5.41, 5.74) is 5.91. The van der Waals surface area contributed by atoms with Crippen LogP contribution in [0.4, 0.5) is 0 Å². The minimum absolute atomic E-state index is 0. The van der Waals surface area contributed by atoms with Crippen molar-refractivity contribution >= 4 is 5.97 Å². The van der Waals surface area contributed by atoms with Crippen molar-refractivity contribution in [2.24, 2.45) is 5.92 Å². The van der Waals surface area contributed by atoms with Crippen molar-refractivity contribution < 1.29 is 48.9 Å². The first-order valence-corrected chi connectivity index (χ1v) is 11.9. The number of carboxylic acid groups (broad SMARTS) is 1. The van der Waals surface area contributed by atoms with Crippen LogP contribution in [0.15, 0.2) is 48.7 Å². The SMILES string of the molecule is C1CC1.COc1cc(-c2ccc(C3CCc4ccc(CC(C)C(=O)[O-])cc4O3)nc2C)ccn1.[Na+]. The van der Waals surface area contributed by atoms with Crippen molar-refractivity contribution in [3.05, 3.63) is 71.2 Å². The quantitative estimate of drug-likeness (QED) is 0.497. The number of ether oxygens (including phenoxy) is 2. The Labute approximate surface area is 229 Å². The number of aliphatic carboxylic acids is 1. The molecule has 2 aliphatic rings. The molecule has 1 aliphatic carbocycles. The predicted molar refractivity (Wildman–Crippen MR) is 129 cm³/mol. The van der Waals surface area contributed by atoms with E-state index in [1.807, 2.05) is 43.3 Å². The number of rotatable bonds is 6. The van der Waals surface area contributed by atoms with Gasteiger partial charge in [0.25, 0.3) is 0 Å². The molecule has 7 heteroatoms. The zero-order valence-electron chi connectivity index (χ0n) is 21.0. The monoisotopic (exact) mass is 482 g/mol. The zero-order valence-corrected chi connectivity index (χ0v) is 23.0. The summed E-state index contributed by atoms with van der Waals surface area (Å²) in [5, 5.41) is 11.1. The second-order valence-corrected chi connectivity index (χ2v) is 9.03. The molecule has 2 unspecified atom stereocenters. The number of hydrogen-bond donors (Lipinski definition) is 0. The first-order chi connectivity index (χ1) is 16.4.